The van der Waals surface area contributed by atoms with Crippen LogP contribution in [0.1, 0.15) is 41.6 Å². The van der Waals surface area contributed by atoms with E-state index in [2.05, 4.69) is 0 Å². The number of nitrogens with zero attached hydrogens (tertiary/aromatic N) is 2. The summed E-state index contributed by atoms with van der Waals surface area (Å²) in [5.41, 5.74) is 2.41. The number of hydrogen-bond donors (Lipinski definition) is 0. The second-order valence-corrected chi connectivity index (χ2v) is 9.12. The first-order valence-corrected chi connectivity index (χ1v) is 11.0. The van der Waals surface area contributed by atoms with Crippen LogP contribution >= 0.6 is 0 Å². The first-order chi connectivity index (χ1) is 13.1. The predicted octanol–water partition coefficient (Wildman–Crippen LogP) is 3.45. The van der Waals surface area contributed by atoms with Crippen molar-refractivity contribution in [2.45, 2.75) is 37.0 Å². The number of rotatable bonds is 3. The summed E-state index contributed by atoms with van der Waals surface area (Å²) in [6.07, 6.45) is 4.55. The summed E-state index contributed by atoms with van der Waals surface area (Å²) in [5.74, 6) is -0.0387. The minimum atomic E-state index is -3.46. The third-order valence-corrected chi connectivity index (χ3v) is 7.28. The van der Waals surface area contributed by atoms with Gasteiger partial charge in [-0.1, -0.05) is 24.6 Å². The lowest BCUT2D eigenvalue weighted by atomic mass is 10.0. The van der Waals surface area contributed by atoms with Crippen molar-refractivity contribution in [1.29, 1.82) is 0 Å². The molecule has 1 amide bonds. The van der Waals surface area contributed by atoms with E-state index in [4.69, 9.17) is 0 Å². The molecule has 6 heteroatoms. The van der Waals surface area contributed by atoms with Crippen LogP contribution in [0.5, 0.6) is 0 Å². The highest BCUT2D eigenvalue weighted by molar-refractivity contribution is 7.89. The first-order valence-electron chi connectivity index (χ1n) is 9.57. The van der Waals surface area contributed by atoms with Gasteiger partial charge in [0.25, 0.3) is 5.91 Å². The summed E-state index contributed by atoms with van der Waals surface area (Å²) in [4.78, 5) is 15.0. The number of carbonyl (C=O) groups is 1. The van der Waals surface area contributed by atoms with E-state index >= 15 is 0 Å². The van der Waals surface area contributed by atoms with E-state index in [0.29, 0.717) is 30.1 Å². The smallest absolute Gasteiger partial charge is 0.258 e. The fourth-order valence-electron chi connectivity index (χ4n) is 3.94. The number of hydrogen-bond acceptors (Lipinski definition) is 3. The Balaban J connectivity index is 1.65. The van der Waals surface area contributed by atoms with Crippen molar-refractivity contribution in [3.8, 4) is 0 Å². The van der Waals surface area contributed by atoms with Crippen LogP contribution in [0.4, 0.5) is 5.69 Å². The van der Waals surface area contributed by atoms with Gasteiger partial charge in [0.15, 0.2) is 0 Å². The molecule has 2 aromatic carbocycles. The molecular weight excluding hydrogens is 360 g/mol. The van der Waals surface area contributed by atoms with Crippen molar-refractivity contribution < 1.29 is 13.2 Å². The van der Waals surface area contributed by atoms with Gasteiger partial charge in [-0.3, -0.25) is 4.79 Å². The summed E-state index contributed by atoms with van der Waals surface area (Å²) < 4.78 is 27.5. The number of piperidine rings is 1. The van der Waals surface area contributed by atoms with E-state index in [1.807, 2.05) is 30.3 Å². The van der Waals surface area contributed by atoms with Crippen LogP contribution in [0.3, 0.4) is 0 Å². The number of benzene rings is 2. The molecule has 0 unspecified atom stereocenters. The van der Waals surface area contributed by atoms with Crippen molar-refractivity contribution in [3.05, 3.63) is 59.7 Å². The molecule has 27 heavy (non-hydrogen) atoms. The molecule has 0 aliphatic carbocycles. The van der Waals surface area contributed by atoms with E-state index in [0.717, 1.165) is 43.4 Å². The predicted molar refractivity (Wildman–Crippen MR) is 105 cm³/mol. The molecule has 2 aliphatic heterocycles. The SMILES string of the molecule is O=C(c1ccccc1)N1CCCc2cc(S(=O)(=O)N3CCCCC3)ccc21. The molecule has 2 aliphatic rings. The molecule has 0 aromatic heterocycles. The van der Waals surface area contributed by atoms with Gasteiger partial charge in [0.05, 0.1) is 4.90 Å². The largest absolute Gasteiger partial charge is 0.308 e. The number of fused-ring (bicyclic) bond motifs is 1. The Kier molecular flexibility index (Phi) is 5.02. The van der Waals surface area contributed by atoms with Crippen LogP contribution in [0.2, 0.25) is 0 Å². The van der Waals surface area contributed by atoms with Crippen LogP contribution in [0.25, 0.3) is 0 Å². The van der Waals surface area contributed by atoms with Gasteiger partial charge in [-0.25, -0.2) is 8.42 Å². The third-order valence-electron chi connectivity index (χ3n) is 5.39. The number of amides is 1. The lowest BCUT2D eigenvalue weighted by Gasteiger charge is -2.31. The summed E-state index contributed by atoms with van der Waals surface area (Å²) >= 11 is 0. The van der Waals surface area contributed by atoms with Gasteiger partial charge in [-0.2, -0.15) is 4.31 Å². The standard InChI is InChI=1S/C21H24N2O3S/c24-21(17-8-3-1-4-9-17)23-15-7-10-18-16-19(11-12-20(18)23)27(25,26)22-13-5-2-6-14-22/h1,3-4,8-9,11-12,16H,2,5-7,10,13-15H2. The van der Waals surface area contributed by atoms with Crippen molar-refractivity contribution in [1.82, 2.24) is 4.31 Å². The van der Waals surface area contributed by atoms with Crippen molar-refractivity contribution in [2.75, 3.05) is 24.5 Å². The van der Waals surface area contributed by atoms with E-state index in [1.54, 1.807) is 27.4 Å². The van der Waals surface area contributed by atoms with E-state index in [-0.39, 0.29) is 5.91 Å². The highest BCUT2D eigenvalue weighted by Crippen LogP contribution is 2.32. The summed E-state index contributed by atoms with van der Waals surface area (Å²) in [6.45, 7) is 1.84. The summed E-state index contributed by atoms with van der Waals surface area (Å²) in [7, 11) is -3.46. The molecule has 0 N–H and O–H groups in total. The molecule has 2 aromatic rings. The number of anilines is 1. The lowest BCUT2D eigenvalue weighted by molar-refractivity contribution is 0.0985. The Morgan fingerprint density at radius 1 is 0.852 bits per heavy atom. The van der Waals surface area contributed by atoms with Crippen molar-refractivity contribution in [2.24, 2.45) is 0 Å². The Morgan fingerprint density at radius 2 is 1.59 bits per heavy atom. The van der Waals surface area contributed by atoms with Gasteiger partial charge in [0.1, 0.15) is 0 Å². The third kappa shape index (κ3) is 3.51. The zero-order valence-electron chi connectivity index (χ0n) is 15.3. The molecular formula is C21H24N2O3S. The summed E-state index contributed by atoms with van der Waals surface area (Å²) in [5, 5.41) is 0. The fourth-order valence-corrected chi connectivity index (χ4v) is 5.50. The molecule has 1 saturated heterocycles. The molecule has 0 bridgehead atoms. The molecule has 142 valence electrons. The monoisotopic (exact) mass is 384 g/mol. The topological polar surface area (TPSA) is 57.7 Å². The molecule has 0 saturated carbocycles. The second-order valence-electron chi connectivity index (χ2n) is 7.18. The zero-order chi connectivity index (χ0) is 18.9. The van der Waals surface area contributed by atoms with Gasteiger partial charge in [-0.05, 0) is 61.6 Å². The minimum absolute atomic E-state index is 0.0387. The number of aryl methyl sites for hydroxylation is 1. The molecule has 5 nitrogen and oxygen atoms in total. The van der Waals surface area contributed by atoms with E-state index in [9.17, 15) is 13.2 Å². The Bertz CT molecular complexity index is 935. The molecule has 4 rings (SSSR count). The second kappa shape index (κ2) is 7.44. The van der Waals surface area contributed by atoms with Crippen LogP contribution in [0, 0.1) is 0 Å². The van der Waals surface area contributed by atoms with Gasteiger partial charge in [0.2, 0.25) is 10.0 Å². The maximum Gasteiger partial charge on any atom is 0.258 e. The molecule has 0 spiro atoms. The molecule has 2 heterocycles. The van der Waals surface area contributed by atoms with Crippen LogP contribution in [0.15, 0.2) is 53.4 Å². The minimum Gasteiger partial charge on any atom is -0.308 e. The molecule has 0 radical (unpaired) electrons. The van der Waals surface area contributed by atoms with E-state index in [1.165, 1.54) is 0 Å². The lowest BCUT2D eigenvalue weighted by Crippen LogP contribution is -2.37. The van der Waals surface area contributed by atoms with E-state index < -0.39 is 10.0 Å². The van der Waals surface area contributed by atoms with Crippen LogP contribution < -0.4 is 4.90 Å². The van der Waals surface area contributed by atoms with Gasteiger partial charge in [0, 0.05) is 30.9 Å². The summed E-state index contributed by atoms with van der Waals surface area (Å²) in [6, 6.07) is 14.4. The van der Waals surface area contributed by atoms with Crippen LogP contribution in [-0.2, 0) is 16.4 Å². The highest BCUT2D eigenvalue weighted by atomic mass is 32.2. The number of carbonyl (C=O) groups excluding carboxylic acids is 1. The highest BCUT2D eigenvalue weighted by Gasteiger charge is 2.29. The normalized spacial score (nSPS) is 18.1. The molecule has 1 fully saturated rings. The van der Waals surface area contributed by atoms with Crippen LogP contribution in [-0.4, -0.2) is 38.3 Å². The Morgan fingerprint density at radius 3 is 2.33 bits per heavy atom. The maximum atomic E-state index is 13.0. The Hall–Kier alpha value is -2.18. The van der Waals surface area contributed by atoms with Gasteiger partial charge < -0.3 is 4.90 Å². The molecule has 0 atom stereocenters. The van der Waals surface area contributed by atoms with Gasteiger partial charge in [-0.15, -0.1) is 0 Å². The maximum absolute atomic E-state index is 13.0. The van der Waals surface area contributed by atoms with Gasteiger partial charge >= 0.3 is 0 Å². The number of sulfonamides is 1. The quantitative estimate of drug-likeness (QED) is 0.814. The van der Waals surface area contributed by atoms with Crippen molar-refractivity contribution in [3.63, 3.8) is 0 Å². The fraction of sp³-hybridized carbons (Fsp3) is 0.381. The zero-order valence-corrected chi connectivity index (χ0v) is 16.1. The Labute approximate surface area is 160 Å². The van der Waals surface area contributed by atoms with Crippen molar-refractivity contribution >= 4 is 21.6 Å². The average Bonchev–Trinajstić information content (AvgIpc) is 2.73. The average molecular weight is 385 g/mol. The first kappa shape index (κ1) is 18.2.